The van der Waals surface area contributed by atoms with Crippen molar-refractivity contribution in [2.75, 3.05) is 13.1 Å². The van der Waals surface area contributed by atoms with Crippen molar-refractivity contribution in [1.82, 2.24) is 10.6 Å². The molecule has 0 saturated carbocycles. The molecule has 0 heterocycles. The van der Waals surface area contributed by atoms with Gasteiger partial charge < -0.3 is 15.7 Å². The van der Waals surface area contributed by atoms with Gasteiger partial charge >= 0.3 is 12.0 Å². The zero-order valence-corrected chi connectivity index (χ0v) is 12.9. The molecule has 20 heavy (non-hydrogen) atoms. The van der Waals surface area contributed by atoms with Crippen LogP contribution in [0.25, 0.3) is 0 Å². The van der Waals surface area contributed by atoms with Crippen LogP contribution in [0.15, 0.2) is 0 Å². The lowest BCUT2D eigenvalue weighted by molar-refractivity contribution is -0.138. The van der Waals surface area contributed by atoms with Crippen molar-refractivity contribution in [1.29, 1.82) is 0 Å². The summed E-state index contributed by atoms with van der Waals surface area (Å²) in [6.45, 7) is 5.24. The molecule has 3 N–H and O–H groups in total. The Kier molecular flexibility index (Phi) is 12.0. The topological polar surface area (TPSA) is 78.4 Å². The van der Waals surface area contributed by atoms with Crippen molar-refractivity contribution in [2.45, 2.75) is 65.2 Å². The van der Waals surface area contributed by atoms with Gasteiger partial charge in [-0.2, -0.15) is 0 Å². The van der Waals surface area contributed by atoms with Gasteiger partial charge in [0.05, 0.1) is 0 Å². The molecule has 0 aromatic rings. The summed E-state index contributed by atoms with van der Waals surface area (Å²) in [4.78, 5) is 22.1. The highest BCUT2D eigenvalue weighted by Crippen LogP contribution is 2.06. The predicted octanol–water partition coefficient (Wildman–Crippen LogP) is 3.15. The van der Waals surface area contributed by atoms with Gasteiger partial charge in [-0.15, -0.1) is 0 Å². The minimum Gasteiger partial charge on any atom is -0.481 e. The largest absolute Gasteiger partial charge is 0.481 e. The van der Waals surface area contributed by atoms with E-state index in [1.165, 1.54) is 25.7 Å². The van der Waals surface area contributed by atoms with Crippen LogP contribution in [0.4, 0.5) is 4.79 Å². The van der Waals surface area contributed by atoms with Gasteiger partial charge in [0.15, 0.2) is 0 Å². The van der Waals surface area contributed by atoms with Crippen molar-refractivity contribution < 1.29 is 14.7 Å². The normalized spacial score (nSPS) is 11.9. The van der Waals surface area contributed by atoms with Crippen LogP contribution in [0.1, 0.15) is 65.2 Å². The first-order valence-corrected chi connectivity index (χ1v) is 7.83. The van der Waals surface area contributed by atoms with Gasteiger partial charge in [-0.1, -0.05) is 52.4 Å². The second-order valence-electron chi connectivity index (χ2n) is 5.28. The van der Waals surface area contributed by atoms with Gasteiger partial charge in [0, 0.05) is 19.5 Å². The van der Waals surface area contributed by atoms with Crippen LogP contribution in [-0.4, -0.2) is 30.2 Å². The lowest BCUT2D eigenvalue weighted by Gasteiger charge is -2.14. The number of amides is 2. The summed E-state index contributed by atoms with van der Waals surface area (Å²) in [5.41, 5.74) is 0. The van der Waals surface area contributed by atoms with E-state index in [1.54, 1.807) is 0 Å². The molecule has 0 aliphatic rings. The number of carboxylic acids is 1. The molecule has 0 aromatic heterocycles. The Morgan fingerprint density at radius 2 is 1.65 bits per heavy atom. The second kappa shape index (κ2) is 12.8. The summed E-state index contributed by atoms with van der Waals surface area (Å²) in [5.74, 6) is -0.807. The molecule has 118 valence electrons. The van der Waals surface area contributed by atoms with Gasteiger partial charge in [-0.25, -0.2) is 4.79 Å². The first kappa shape index (κ1) is 18.7. The van der Waals surface area contributed by atoms with E-state index in [0.717, 1.165) is 19.3 Å². The molecule has 0 rings (SSSR count). The summed E-state index contributed by atoms with van der Waals surface area (Å²) >= 11 is 0. The Morgan fingerprint density at radius 1 is 1.00 bits per heavy atom. The standard InChI is InChI=1S/C15H30N2O3/c1-3-5-6-7-8-9-10-16-15(20)17-12-13(4-2)11-14(18)19/h13H,3-12H2,1-2H3,(H,18,19)(H2,16,17,20). The fourth-order valence-electron chi connectivity index (χ4n) is 2.01. The van der Waals surface area contributed by atoms with E-state index < -0.39 is 5.97 Å². The average Bonchev–Trinajstić information content (AvgIpc) is 2.42. The monoisotopic (exact) mass is 286 g/mol. The van der Waals surface area contributed by atoms with E-state index >= 15 is 0 Å². The molecular weight excluding hydrogens is 256 g/mol. The maximum absolute atomic E-state index is 11.5. The number of urea groups is 1. The van der Waals surface area contributed by atoms with E-state index in [2.05, 4.69) is 17.6 Å². The SMILES string of the molecule is CCCCCCCCNC(=O)NCC(CC)CC(=O)O. The van der Waals surface area contributed by atoms with Crippen molar-refractivity contribution in [3.8, 4) is 0 Å². The van der Waals surface area contributed by atoms with E-state index in [4.69, 9.17) is 5.11 Å². The molecule has 0 aliphatic carbocycles. The van der Waals surface area contributed by atoms with Gasteiger partial charge in [0.25, 0.3) is 0 Å². The van der Waals surface area contributed by atoms with E-state index in [9.17, 15) is 9.59 Å². The van der Waals surface area contributed by atoms with Crippen molar-refractivity contribution in [3.05, 3.63) is 0 Å². The van der Waals surface area contributed by atoms with Crippen molar-refractivity contribution in [3.63, 3.8) is 0 Å². The highest BCUT2D eigenvalue weighted by molar-refractivity contribution is 5.73. The zero-order valence-electron chi connectivity index (χ0n) is 12.9. The molecule has 5 heteroatoms. The fraction of sp³-hybridized carbons (Fsp3) is 0.867. The Hall–Kier alpha value is -1.26. The third-order valence-electron chi connectivity index (χ3n) is 3.41. The first-order valence-electron chi connectivity index (χ1n) is 7.83. The maximum Gasteiger partial charge on any atom is 0.314 e. The predicted molar refractivity (Wildman–Crippen MR) is 80.8 cm³/mol. The summed E-state index contributed by atoms with van der Waals surface area (Å²) in [5, 5.41) is 14.3. The Labute approximate surface area is 122 Å². The number of nitrogens with one attached hydrogen (secondary N) is 2. The van der Waals surface area contributed by atoms with Crippen LogP contribution in [0, 0.1) is 5.92 Å². The molecule has 0 saturated heterocycles. The molecule has 0 bridgehead atoms. The molecule has 2 amide bonds. The Balaban J connectivity index is 3.50. The fourth-order valence-corrected chi connectivity index (χ4v) is 2.01. The molecule has 0 radical (unpaired) electrons. The number of hydrogen-bond donors (Lipinski definition) is 3. The highest BCUT2D eigenvalue weighted by atomic mass is 16.4. The van der Waals surface area contributed by atoms with Gasteiger partial charge in [-0.05, 0) is 12.3 Å². The third-order valence-corrected chi connectivity index (χ3v) is 3.41. The molecular formula is C15H30N2O3. The number of carbonyl (C=O) groups is 2. The van der Waals surface area contributed by atoms with Crippen LogP contribution < -0.4 is 10.6 Å². The average molecular weight is 286 g/mol. The molecule has 0 fully saturated rings. The molecule has 1 unspecified atom stereocenters. The van der Waals surface area contributed by atoms with Gasteiger partial charge in [0.1, 0.15) is 0 Å². The number of hydrogen-bond acceptors (Lipinski definition) is 2. The van der Waals surface area contributed by atoms with Gasteiger partial charge in [-0.3, -0.25) is 4.79 Å². The summed E-state index contributed by atoms with van der Waals surface area (Å²) in [7, 11) is 0. The van der Waals surface area contributed by atoms with Crippen LogP contribution in [-0.2, 0) is 4.79 Å². The highest BCUT2D eigenvalue weighted by Gasteiger charge is 2.12. The minimum atomic E-state index is -0.814. The molecule has 0 spiro atoms. The zero-order chi connectivity index (χ0) is 15.2. The van der Waals surface area contributed by atoms with Crippen LogP contribution >= 0.6 is 0 Å². The second-order valence-corrected chi connectivity index (χ2v) is 5.28. The van der Waals surface area contributed by atoms with Crippen LogP contribution in [0.2, 0.25) is 0 Å². The maximum atomic E-state index is 11.5. The minimum absolute atomic E-state index is 0.00675. The molecule has 0 aromatic carbocycles. The summed E-state index contributed by atoms with van der Waals surface area (Å²) < 4.78 is 0. The summed E-state index contributed by atoms with van der Waals surface area (Å²) in [6, 6.07) is -0.192. The van der Waals surface area contributed by atoms with Crippen molar-refractivity contribution >= 4 is 12.0 Å². The van der Waals surface area contributed by atoms with Crippen LogP contribution in [0.3, 0.4) is 0 Å². The number of rotatable bonds is 12. The molecule has 5 nitrogen and oxygen atoms in total. The van der Waals surface area contributed by atoms with E-state index in [0.29, 0.717) is 13.1 Å². The lowest BCUT2D eigenvalue weighted by atomic mass is 10.0. The Bertz CT molecular complexity index is 270. The molecule has 0 aliphatic heterocycles. The smallest absolute Gasteiger partial charge is 0.314 e. The Morgan fingerprint density at radius 3 is 2.25 bits per heavy atom. The number of carbonyl (C=O) groups excluding carboxylic acids is 1. The number of carboxylic acid groups (broad SMARTS) is 1. The first-order chi connectivity index (χ1) is 9.60. The van der Waals surface area contributed by atoms with E-state index in [1.807, 2.05) is 6.92 Å². The van der Waals surface area contributed by atoms with Crippen LogP contribution in [0.5, 0.6) is 0 Å². The number of unbranched alkanes of at least 4 members (excludes halogenated alkanes) is 5. The van der Waals surface area contributed by atoms with E-state index in [-0.39, 0.29) is 18.4 Å². The quantitative estimate of drug-likeness (QED) is 0.482. The number of aliphatic carboxylic acids is 1. The molecule has 1 atom stereocenters. The van der Waals surface area contributed by atoms with Gasteiger partial charge in [0.2, 0.25) is 0 Å². The third kappa shape index (κ3) is 11.8. The summed E-state index contributed by atoms with van der Waals surface area (Å²) in [6.07, 6.45) is 8.05. The lowest BCUT2D eigenvalue weighted by Crippen LogP contribution is -2.39. The van der Waals surface area contributed by atoms with Crippen molar-refractivity contribution in [2.24, 2.45) is 5.92 Å².